The van der Waals surface area contributed by atoms with E-state index in [0.717, 1.165) is 22.3 Å². The molecular weight excluding hydrogens is 488 g/mol. The fraction of sp³-hybridized carbons (Fsp3) is 0.520. The van der Waals surface area contributed by atoms with Crippen molar-refractivity contribution in [2.45, 2.75) is 68.3 Å². The lowest BCUT2D eigenvalue weighted by molar-refractivity contribution is -0.0442. The predicted molar refractivity (Wildman–Crippen MR) is 132 cm³/mol. The Bertz CT molecular complexity index is 1230. The molecule has 0 amide bonds. The zero-order chi connectivity index (χ0) is 25.1. The van der Waals surface area contributed by atoms with Crippen LogP contribution >= 0.6 is 0 Å². The molecule has 0 aromatic heterocycles. The van der Waals surface area contributed by atoms with E-state index in [-0.39, 0.29) is 34.2 Å². The van der Waals surface area contributed by atoms with Crippen molar-refractivity contribution in [2.24, 2.45) is 0 Å². The van der Waals surface area contributed by atoms with Crippen molar-refractivity contribution in [1.82, 2.24) is 8.61 Å². The molecule has 5 rings (SSSR count). The van der Waals surface area contributed by atoms with E-state index in [0.29, 0.717) is 32.6 Å². The Kier molecular flexibility index (Phi) is 6.34. The molecular formula is C25H32N2O6S2. The summed E-state index contributed by atoms with van der Waals surface area (Å²) in [6.07, 6.45) is -0.159. The summed E-state index contributed by atoms with van der Waals surface area (Å²) in [6.45, 7) is 8.80. The summed E-state index contributed by atoms with van der Waals surface area (Å²) in [5, 5.41) is 0. The van der Waals surface area contributed by atoms with Gasteiger partial charge in [0.1, 0.15) is 0 Å². The number of nitrogens with zero attached hydrogens (tertiary/aromatic N) is 2. The number of rotatable bonds is 4. The van der Waals surface area contributed by atoms with Gasteiger partial charge in [0, 0.05) is 26.2 Å². The van der Waals surface area contributed by atoms with Crippen LogP contribution in [0.15, 0.2) is 46.2 Å². The molecule has 3 aliphatic rings. The second-order valence-corrected chi connectivity index (χ2v) is 13.8. The molecule has 0 spiro atoms. The molecule has 10 heteroatoms. The Morgan fingerprint density at radius 2 is 0.971 bits per heavy atom. The second kappa shape index (κ2) is 8.93. The lowest BCUT2D eigenvalue weighted by Gasteiger charge is -2.34. The van der Waals surface area contributed by atoms with Gasteiger partial charge in [-0.1, -0.05) is 12.1 Å². The van der Waals surface area contributed by atoms with Gasteiger partial charge in [-0.3, -0.25) is 0 Å². The Labute approximate surface area is 207 Å². The van der Waals surface area contributed by atoms with Crippen LogP contribution in [0.1, 0.15) is 38.8 Å². The van der Waals surface area contributed by atoms with Crippen molar-refractivity contribution in [2.75, 3.05) is 26.2 Å². The minimum Gasteiger partial charge on any atom is -0.373 e. The van der Waals surface area contributed by atoms with E-state index in [1.807, 2.05) is 39.8 Å². The third-order valence-electron chi connectivity index (χ3n) is 6.87. The number of morpholine rings is 2. The fourth-order valence-corrected chi connectivity index (χ4v) is 8.72. The Hall–Kier alpha value is -1.82. The molecule has 4 atom stereocenters. The van der Waals surface area contributed by atoms with Crippen LogP contribution in [0.4, 0.5) is 0 Å². The molecule has 2 aliphatic heterocycles. The maximum Gasteiger partial charge on any atom is 0.243 e. The number of hydrogen-bond acceptors (Lipinski definition) is 6. The smallest absolute Gasteiger partial charge is 0.243 e. The molecule has 0 radical (unpaired) electrons. The monoisotopic (exact) mass is 520 g/mol. The standard InChI is InChI=1S/C25H32N2O6S2/c1-16-12-26(13-17(2)32-16)34(28,29)22-5-7-24-20(10-22)9-21-11-23(6-8-25(21)24)35(30,31)27-14-18(3)33-19(4)15-27/h5-8,10-11,16-19H,9,12-15H2,1-4H3/t16-,17-,18-,19+/m1/s1. The van der Waals surface area contributed by atoms with Gasteiger partial charge >= 0.3 is 0 Å². The molecule has 190 valence electrons. The van der Waals surface area contributed by atoms with E-state index in [2.05, 4.69) is 0 Å². The van der Waals surface area contributed by atoms with Crippen LogP contribution in [-0.2, 0) is 35.9 Å². The summed E-state index contributed by atoms with van der Waals surface area (Å²) >= 11 is 0. The largest absolute Gasteiger partial charge is 0.373 e. The van der Waals surface area contributed by atoms with Gasteiger partial charge in [-0.05, 0) is 80.6 Å². The Morgan fingerprint density at radius 1 is 0.629 bits per heavy atom. The van der Waals surface area contributed by atoms with E-state index in [1.165, 1.54) is 8.61 Å². The van der Waals surface area contributed by atoms with Crippen molar-refractivity contribution in [3.8, 4) is 11.1 Å². The van der Waals surface area contributed by atoms with Crippen LogP contribution in [0.25, 0.3) is 11.1 Å². The summed E-state index contributed by atoms with van der Waals surface area (Å²) in [5.41, 5.74) is 3.66. The molecule has 1 aliphatic carbocycles. The van der Waals surface area contributed by atoms with Gasteiger partial charge in [0.25, 0.3) is 0 Å². The van der Waals surface area contributed by atoms with Crippen molar-refractivity contribution in [3.63, 3.8) is 0 Å². The van der Waals surface area contributed by atoms with Gasteiger partial charge in [0.2, 0.25) is 20.0 Å². The molecule has 35 heavy (non-hydrogen) atoms. The highest BCUT2D eigenvalue weighted by molar-refractivity contribution is 7.89. The van der Waals surface area contributed by atoms with Crippen LogP contribution in [0.2, 0.25) is 0 Å². The molecule has 2 heterocycles. The van der Waals surface area contributed by atoms with Gasteiger partial charge in [0.05, 0.1) is 34.2 Å². The first-order valence-electron chi connectivity index (χ1n) is 12.0. The summed E-state index contributed by atoms with van der Waals surface area (Å²) < 4.78 is 67.7. The van der Waals surface area contributed by atoms with E-state index in [1.54, 1.807) is 24.3 Å². The summed E-state index contributed by atoms with van der Waals surface area (Å²) in [5.74, 6) is 0. The summed E-state index contributed by atoms with van der Waals surface area (Å²) in [6, 6.07) is 10.4. The van der Waals surface area contributed by atoms with Gasteiger partial charge in [-0.2, -0.15) is 8.61 Å². The number of benzene rings is 2. The quantitative estimate of drug-likeness (QED) is 0.525. The molecule has 2 saturated heterocycles. The molecule has 8 nitrogen and oxygen atoms in total. The van der Waals surface area contributed by atoms with Crippen molar-refractivity contribution in [1.29, 1.82) is 0 Å². The maximum atomic E-state index is 13.3. The topological polar surface area (TPSA) is 93.2 Å². The molecule has 0 bridgehead atoms. The SMILES string of the molecule is C[C@@H]1CN(S(=O)(=O)c2ccc3c(c2)Cc2cc(S(=O)(=O)N4C[C@@H](C)O[C@@H](C)C4)ccc2-3)C[C@@H](C)O1. The van der Waals surface area contributed by atoms with Crippen LogP contribution in [0, 0.1) is 0 Å². The number of sulfonamides is 2. The van der Waals surface area contributed by atoms with Crippen LogP contribution in [0.3, 0.4) is 0 Å². The highest BCUT2D eigenvalue weighted by atomic mass is 32.2. The minimum atomic E-state index is -3.65. The summed E-state index contributed by atoms with van der Waals surface area (Å²) in [4.78, 5) is 0.518. The van der Waals surface area contributed by atoms with Crippen molar-refractivity contribution >= 4 is 20.0 Å². The first-order chi connectivity index (χ1) is 16.4. The highest BCUT2D eigenvalue weighted by Crippen LogP contribution is 2.39. The number of ether oxygens (including phenoxy) is 2. The van der Waals surface area contributed by atoms with Crippen LogP contribution in [0.5, 0.6) is 0 Å². The first kappa shape index (κ1) is 24.9. The minimum absolute atomic E-state index is 0.162. The zero-order valence-electron chi connectivity index (χ0n) is 20.5. The third-order valence-corrected chi connectivity index (χ3v) is 10.5. The van der Waals surface area contributed by atoms with Crippen LogP contribution in [-0.4, -0.2) is 76.0 Å². The second-order valence-electron chi connectivity index (χ2n) is 9.97. The molecule has 0 saturated carbocycles. The van der Waals surface area contributed by atoms with E-state index in [4.69, 9.17) is 9.47 Å². The maximum absolute atomic E-state index is 13.3. The van der Waals surface area contributed by atoms with Gasteiger partial charge in [-0.15, -0.1) is 0 Å². The van der Waals surface area contributed by atoms with Crippen molar-refractivity contribution < 1.29 is 26.3 Å². The molecule has 0 unspecified atom stereocenters. The Morgan fingerprint density at radius 3 is 1.31 bits per heavy atom. The van der Waals surface area contributed by atoms with E-state index in [9.17, 15) is 16.8 Å². The molecule has 0 N–H and O–H groups in total. The average Bonchev–Trinajstić information content (AvgIpc) is 3.15. The molecule has 2 fully saturated rings. The lowest BCUT2D eigenvalue weighted by Crippen LogP contribution is -2.48. The molecule has 2 aromatic carbocycles. The fourth-order valence-electron chi connectivity index (χ4n) is 5.44. The van der Waals surface area contributed by atoms with Gasteiger partial charge in [0.15, 0.2) is 0 Å². The average molecular weight is 521 g/mol. The lowest BCUT2D eigenvalue weighted by atomic mass is 10.1. The van der Waals surface area contributed by atoms with Crippen LogP contribution < -0.4 is 0 Å². The van der Waals surface area contributed by atoms with Gasteiger partial charge in [-0.25, -0.2) is 16.8 Å². The Balaban J connectivity index is 1.42. The summed E-state index contributed by atoms with van der Waals surface area (Å²) in [7, 11) is -7.31. The first-order valence-corrected chi connectivity index (χ1v) is 14.9. The van der Waals surface area contributed by atoms with Gasteiger partial charge < -0.3 is 9.47 Å². The third kappa shape index (κ3) is 4.56. The number of hydrogen-bond donors (Lipinski definition) is 0. The van der Waals surface area contributed by atoms with E-state index >= 15 is 0 Å². The highest BCUT2D eigenvalue weighted by Gasteiger charge is 2.35. The number of fused-ring (bicyclic) bond motifs is 3. The molecule has 2 aromatic rings. The van der Waals surface area contributed by atoms with E-state index < -0.39 is 20.0 Å². The zero-order valence-corrected chi connectivity index (χ0v) is 22.1. The van der Waals surface area contributed by atoms with Crippen molar-refractivity contribution in [3.05, 3.63) is 47.5 Å². The normalized spacial score (nSPS) is 28.0. The predicted octanol–water partition coefficient (Wildman–Crippen LogP) is 2.85.